The van der Waals surface area contributed by atoms with Gasteiger partial charge in [-0.15, -0.1) is 0 Å². The van der Waals surface area contributed by atoms with Crippen molar-refractivity contribution < 1.29 is 4.79 Å². The second kappa shape index (κ2) is 7.40. The van der Waals surface area contributed by atoms with Crippen LogP contribution in [0.5, 0.6) is 0 Å². The van der Waals surface area contributed by atoms with Gasteiger partial charge in [0.05, 0.1) is 11.4 Å². The number of nitrogens with one attached hydrogen (secondary N) is 2. The fourth-order valence-corrected chi connectivity index (χ4v) is 3.16. The summed E-state index contributed by atoms with van der Waals surface area (Å²) < 4.78 is 0. The van der Waals surface area contributed by atoms with Gasteiger partial charge in [0.25, 0.3) is 5.91 Å². The lowest BCUT2D eigenvalue weighted by molar-refractivity contribution is 0.0963. The molecular weight excluding hydrogens is 272 g/mol. The average molecular weight is 294 g/mol. The van der Waals surface area contributed by atoms with Crippen molar-refractivity contribution in [2.45, 2.75) is 0 Å². The van der Waals surface area contributed by atoms with E-state index in [-0.39, 0.29) is 5.91 Å². The topological polar surface area (TPSA) is 70.4 Å². The molecule has 110 valence electrons. The number of benzene rings is 1. The Bertz CT molecular complexity index is 460. The summed E-state index contributed by atoms with van der Waals surface area (Å²) in [5.41, 5.74) is 8.06. The van der Waals surface area contributed by atoms with Gasteiger partial charge in [-0.25, -0.2) is 0 Å². The molecular formula is C14H22N4OS. The Morgan fingerprint density at radius 3 is 2.80 bits per heavy atom. The average Bonchev–Trinajstić information content (AvgIpc) is 2.49. The second-order valence-corrected chi connectivity index (χ2v) is 5.99. The Balaban J connectivity index is 1.84. The molecule has 4 N–H and O–H groups in total. The van der Waals surface area contributed by atoms with Gasteiger partial charge >= 0.3 is 0 Å². The number of carbonyl (C=O) groups is 1. The van der Waals surface area contributed by atoms with Gasteiger partial charge in [-0.05, 0) is 18.2 Å². The molecule has 5 nitrogen and oxygen atoms in total. The van der Waals surface area contributed by atoms with Crippen LogP contribution in [-0.4, -0.2) is 55.5 Å². The molecule has 0 atom stereocenters. The largest absolute Gasteiger partial charge is 0.397 e. The van der Waals surface area contributed by atoms with Gasteiger partial charge in [0.15, 0.2) is 0 Å². The van der Waals surface area contributed by atoms with E-state index in [9.17, 15) is 4.79 Å². The lowest BCUT2D eigenvalue weighted by atomic mass is 10.1. The molecule has 6 heteroatoms. The second-order valence-electron chi connectivity index (χ2n) is 4.76. The quantitative estimate of drug-likeness (QED) is 0.709. The number of carbonyl (C=O) groups excluding carboxylic acids is 1. The van der Waals surface area contributed by atoms with Crippen LogP contribution >= 0.6 is 11.8 Å². The fourth-order valence-electron chi connectivity index (χ4n) is 2.18. The van der Waals surface area contributed by atoms with Crippen LogP contribution in [0, 0.1) is 0 Å². The number of thioether (sulfide) groups is 1. The predicted octanol–water partition coefficient (Wildman–Crippen LogP) is 1.09. The first kappa shape index (κ1) is 15.0. The molecule has 0 aliphatic carbocycles. The van der Waals surface area contributed by atoms with Crippen LogP contribution in [0.4, 0.5) is 11.4 Å². The normalized spacial score (nSPS) is 15.8. The monoisotopic (exact) mass is 294 g/mol. The molecule has 2 rings (SSSR count). The van der Waals surface area contributed by atoms with E-state index in [0.29, 0.717) is 11.3 Å². The van der Waals surface area contributed by atoms with Crippen molar-refractivity contribution in [3.05, 3.63) is 23.8 Å². The third kappa shape index (κ3) is 4.05. The number of amides is 1. The van der Waals surface area contributed by atoms with Crippen molar-refractivity contribution in [3.8, 4) is 0 Å². The third-order valence-corrected chi connectivity index (χ3v) is 4.33. The minimum Gasteiger partial charge on any atom is -0.397 e. The molecule has 1 aromatic rings. The standard InChI is InChI=1S/C14H22N4OS/c1-16-14(19)11-2-3-13(12(15)10-11)17-4-5-18-6-8-20-9-7-18/h2-3,10,17H,4-9,15H2,1H3,(H,16,19). The number of nitrogen functional groups attached to an aromatic ring is 1. The number of nitrogens with zero attached hydrogens (tertiary/aromatic N) is 1. The van der Waals surface area contributed by atoms with Gasteiger partial charge in [0.1, 0.15) is 0 Å². The van der Waals surface area contributed by atoms with Crippen LogP contribution < -0.4 is 16.4 Å². The van der Waals surface area contributed by atoms with Crippen molar-refractivity contribution in [3.63, 3.8) is 0 Å². The van der Waals surface area contributed by atoms with E-state index in [2.05, 4.69) is 15.5 Å². The molecule has 1 saturated heterocycles. The molecule has 0 aromatic heterocycles. The number of hydrogen-bond donors (Lipinski definition) is 3. The first-order valence-corrected chi connectivity index (χ1v) is 8.02. The molecule has 0 saturated carbocycles. The molecule has 1 fully saturated rings. The Morgan fingerprint density at radius 2 is 2.15 bits per heavy atom. The van der Waals surface area contributed by atoms with Gasteiger partial charge in [-0.2, -0.15) is 11.8 Å². The smallest absolute Gasteiger partial charge is 0.251 e. The van der Waals surface area contributed by atoms with Gasteiger partial charge in [0.2, 0.25) is 0 Å². The summed E-state index contributed by atoms with van der Waals surface area (Å²) >= 11 is 2.02. The molecule has 0 spiro atoms. The summed E-state index contributed by atoms with van der Waals surface area (Å²) in [6.07, 6.45) is 0. The first-order valence-electron chi connectivity index (χ1n) is 6.86. The van der Waals surface area contributed by atoms with E-state index in [1.807, 2.05) is 17.8 Å². The number of nitrogens with two attached hydrogens (primary N) is 1. The van der Waals surface area contributed by atoms with E-state index in [4.69, 9.17) is 5.73 Å². The molecule has 1 aromatic carbocycles. The Labute approximate surface area is 124 Å². The summed E-state index contributed by atoms with van der Waals surface area (Å²) in [6.45, 7) is 4.22. The lowest BCUT2D eigenvalue weighted by Crippen LogP contribution is -2.36. The summed E-state index contributed by atoms with van der Waals surface area (Å²) in [7, 11) is 1.61. The van der Waals surface area contributed by atoms with Gasteiger partial charge in [-0.3, -0.25) is 9.69 Å². The van der Waals surface area contributed by atoms with Crippen LogP contribution in [0.25, 0.3) is 0 Å². The molecule has 0 bridgehead atoms. The highest BCUT2D eigenvalue weighted by Gasteiger charge is 2.10. The zero-order valence-electron chi connectivity index (χ0n) is 11.8. The number of rotatable bonds is 5. The number of anilines is 2. The van der Waals surface area contributed by atoms with Crippen LogP contribution in [0.15, 0.2) is 18.2 Å². The first-order chi connectivity index (χ1) is 9.70. The van der Waals surface area contributed by atoms with Gasteiger partial charge in [0, 0.05) is 50.3 Å². The van der Waals surface area contributed by atoms with E-state index in [1.54, 1.807) is 19.2 Å². The molecule has 1 aliphatic heterocycles. The SMILES string of the molecule is CNC(=O)c1ccc(NCCN2CCSCC2)c(N)c1. The van der Waals surface area contributed by atoms with Crippen molar-refractivity contribution >= 4 is 29.0 Å². The molecule has 1 aliphatic rings. The molecule has 1 heterocycles. The molecule has 0 radical (unpaired) electrons. The zero-order chi connectivity index (χ0) is 14.4. The van der Waals surface area contributed by atoms with E-state index >= 15 is 0 Å². The summed E-state index contributed by atoms with van der Waals surface area (Å²) in [5.74, 6) is 2.33. The van der Waals surface area contributed by atoms with Crippen LogP contribution in [-0.2, 0) is 0 Å². The predicted molar refractivity (Wildman–Crippen MR) is 86.5 cm³/mol. The van der Waals surface area contributed by atoms with Crippen molar-refractivity contribution in [2.75, 3.05) is 55.8 Å². The lowest BCUT2D eigenvalue weighted by Gasteiger charge is -2.26. The number of hydrogen-bond acceptors (Lipinski definition) is 5. The van der Waals surface area contributed by atoms with E-state index in [0.717, 1.165) is 31.9 Å². The van der Waals surface area contributed by atoms with Crippen molar-refractivity contribution in [1.82, 2.24) is 10.2 Å². The van der Waals surface area contributed by atoms with E-state index < -0.39 is 0 Å². The van der Waals surface area contributed by atoms with Gasteiger partial charge < -0.3 is 16.4 Å². The van der Waals surface area contributed by atoms with E-state index in [1.165, 1.54) is 11.5 Å². The van der Waals surface area contributed by atoms with Crippen LogP contribution in [0.1, 0.15) is 10.4 Å². The summed E-state index contributed by atoms with van der Waals surface area (Å²) in [6, 6.07) is 5.36. The Morgan fingerprint density at radius 1 is 1.40 bits per heavy atom. The molecule has 20 heavy (non-hydrogen) atoms. The van der Waals surface area contributed by atoms with Crippen molar-refractivity contribution in [2.24, 2.45) is 0 Å². The molecule has 0 unspecified atom stereocenters. The highest BCUT2D eigenvalue weighted by atomic mass is 32.2. The van der Waals surface area contributed by atoms with Crippen molar-refractivity contribution in [1.29, 1.82) is 0 Å². The minimum atomic E-state index is -0.117. The maximum Gasteiger partial charge on any atom is 0.251 e. The summed E-state index contributed by atoms with van der Waals surface area (Å²) in [5, 5.41) is 5.93. The van der Waals surface area contributed by atoms with Crippen LogP contribution in [0.2, 0.25) is 0 Å². The zero-order valence-corrected chi connectivity index (χ0v) is 12.6. The highest BCUT2D eigenvalue weighted by molar-refractivity contribution is 7.99. The third-order valence-electron chi connectivity index (χ3n) is 3.39. The fraction of sp³-hybridized carbons (Fsp3) is 0.500. The maximum atomic E-state index is 11.5. The summed E-state index contributed by atoms with van der Waals surface area (Å²) in [4.78, 5) is 14.0. The molecule has 1 amide bonds. The Kier molecular flexibility index (Phi) is 5.55. The maximum absolute atomic E-state index is 11.5. The Hall–Kier alpha value is -1.40. The van der Waals surface area contributed by atoms with Crippen LogP contribution in [0.3, 0.4) is 0 Å². The minimum absolute atomic E-state index is 0.117. The highest BCUT2D eigenvalue weighted by Crippen LogP contribution is 2.19. The van der Waals surface area contributed by atoms with Gasteiger partial charge in [-0.1, -0.05) is 0 Å².